The van der Waals surface area contributed by atoms with Crippen LogP contribution in [0.3, 0.4) is 0 Å². The molecule has 1 fully saturated rings. The third kappa shape index (κ3) is 3.72. The quantitative estimate of drug-likeness (QED) is 0.898. The van der Waals surface area contributed by atoms with Gasteiger partial charge in [0, 0.05) is 18.1 Å². The summed E-state index contributed by atoms with van der Waals surface area (Å²) in [5.74, 6) is -0.931. The molecule has 1 aromatic rings. The van der Waals surface area contributed by atoms with Crippen molar-refractivity contribution in [3.8, 4) is 0 Å². The molecule has 2 rings (SSSR count). The minimum atomic E-state index is -0.931. The molecule has 0 aromatic carbocycles. The smallest absolute Gasteiger partial charge is 0.326 e. The van der Waals surface area contributed by atoms with Crippen LogP contribution in [0.15, 0.2) is 11.6 Å². The Morgan fingerprint density at radius 1 is 1.43 bits per heavy atom. The Bertz CT molecular complexity index is 502. The molecule has 6 nitrogen and oxygen atoms in total. The van der Waals surface area contributed by atoms with Crippen molar-refractivity contribution in [1.29, 1.82) is 0 Å². The number of hydrogen-bond donors (Lipinski definition) is 2. The molecule has 1 aromatic heterocycles. The van der Waals surface area contributed by atoms with E-state index in [0.29, 0.717) is 13.0 Å². The van der Waals surface area contributed by atoms with E-state index in [1.807, 2.05) is 19.2 Å². The second-order valence-electron chi connectivity index (χ2n) is 5.79. The number of nitrogens with one attached hydrogen (secondary N) is 1. The van der Waals surface area contributed by atoms with Crippen molar-refractivity contribution in [3.05, 3.63) is 16.6 Å². The van der Waals surface area contributed by atoms with Gasteiger partial charge in [-0.3, -0.25) is 0 Å². The van der Waals surface area contributed by atoms with Gasteiger partial charge in [-0.25, -0.2) is 14.6 Å². The zero-order valence-electron chi connectivity index (χ0n) is 12.3. The first-order chi connectivity index (χ1) is 9.92. The highest BCUT2D eigenvalue weighted by Crippen LogP contribution is 2.24. The molecule has 0 bridgehead atoms. The van der Waals surface area contributed by atoms with Crippen LogP contribution >= 0.6 is 11.3 Å². The zero-order chi connectivity index (χ0) is 15.5. The molecule has 2 N–H and O–H groups in total. The van der Waals surface area contributed by atoms with Crippen molar-refractivity contribution < 1.29 is 14.7 Å². The lowest BCUT2D eigenvalue weighted by Crippen LogP contribution is -2.53. The van der Waals surface area contributed by atoms with Crippen LogP contribution in [-0.4, -0.2) is 39.6 Å². The summed E-state index contributed by atoms with van der Waals surface area (Å²) in [6.45, 7) is 4.23. The van der Waals surface area contributed by atoms with Crippen molar-refractivity contribution in [2.24, 2.45) is 0 Å². The Kier molecular flexibility index (Phi) is 4.82. The first-order valence-corrected chi connectivity index (χ1v) is 8.01. The molecule has 2 heterocycles. The van der Waals surface area contributed by atoms with Crippen LogP contribution in [0, 0.1) is 0 Å². The number of aromatic nitrogens is 1. The predicted molar refractivity (Wildman–Crippen MR) is 80.3 cm³/mol. The molecule has 1 unspecified atom stereocenters. The average molecular weight is 311 g/mol. The number of nitrogens with zero attached hydrogens (tertiary/aromatic N) is 2. The second kappa shape index (κ2) is 6.43. The highest BCUT2D eigenvalue weighted by Gasteiger charge is 2.34. The van der Waals surface area contributed by atoms with Crippen LogP contribution in [0.1, 0.15) is 44.5 Å². The van der Waals surface area contributed by atoms with Gasteiger partial charge in [0.05, 0.1) is 5.54 Å². The van der Waals surface area contributed by atoms with Crippen LogP contribution in [0.5, 0.6) is 0 Å². The monoisotopic (exact) mass is 311 g/mol. The van der Waals surface area contributed by atoms with E-state index < -0.39 is 17.6 Å². The lowest BCUT2D eigenvalue weighted by atomic mass is 10.1. The Balaban J connectivity index is 2.11. The van der Waals surface area contributed by atoms with Crippen LogP contribution in [-0.2, 0) is 10.3 Å². The third-order valence-corrected chi connectivity index (χ3v) is 4.78. The fourth-order valence-corrected chi connectivity index (χ4v) is 3.25. The van der Waals surface area contributed by atoms with E-state index in [0.717, 1.165) is 24.3 Å². The highest BCUT2D eigenvalue weighted by molar-refractivity contribution is 7.09. The van der Waals surface area contributed by atoms with E-state index in [1.54, 1.807) is 6.20 Å². The number of carbonyl (C=O) groups excluding carboxylic acids is 1. The maximum Gasteiger partial charge on any atom is 0.326 e. The Labute approximate surface area is 128 Å². The number of likely N-dealkylation sites (tertiary alicyclic amines) is 1. The summed E-state index contributed by atoms with van der Waals surface area (Å²) >= 11 is 1.47. The topological polar surface area (TPSA) is 82.5 Å². The van der Waals surface area contributed by atoms with E-state index in [-0.39, 0.29) is 6.03 Å². The van der Waals surface area contributed by atoms with Crippen LogP contribution in [0.2, 0.25) is 0 Å². The SMILES string of the molecule is CC(C)(NC(=O)N1CCCCCC1C(=O)O)c1nccs1. The Morgan fingerprint density at radius 3 is 2.81 bits per heavy atom. The number of hydrogen-bond acceptors (Lipinski definition) is 4. The minimum absolute atomic E-state index is 0.329. The Morgan fingerprint density at radius 2 is 2.19 bits per heavy atom. The summed E-state index contributed by atoms with van der Waals surface area (Å²) in [4.78, 5) is 29.6. The van der Waals surface area contributed by atoms with E-state index in [9.17, 15) is 14.7 Å². The summed E-state index contributed by atoms with van der Waals surface area (Å²) in [7, 11) is 0. The Hall–Kier alpha value is -1.63. The lowest BCUT2D eigenvalue weighted by molar-refractivity contribution is -0.142. The van der Waals surface area contributed by atoms with Gasteiger partial charge < -0.3 is 15.3 Å². The number of carboxylic acid groups (broad SMARTS) is 1. The number of amides is 2. The van der Waals surface area contributed by atoms with Crippen LogP contribution in [0.4, 0.5) is 4.79 Å². The van der Waals surface area contributed by atoms with Gasteiger partial charge in [0.15, 0.2) is 0 Å². The van der Waals surface area contributed by atoms with Crippen molar-refractivity contribution in [2.75, 3.05) is 6.54 Å². The van der Waals surface area contributed by atoms with E-state index in [1.165, 1.54) is 16.2 Å². The fourth-order valence-electron chi connectivity index (χ4n) is 2.53. The number of carboxylic acids is 1. The predicted octanol–water partition coefficient (Wildman–Crippen LogP) is 2.42. The van der Waals surface area contributed by atoms with E-state index in [4.69, 9.17) is 0 Å². The van der Waals surface area contributed by atoms with Crippen molar-refractivity contribution in [3.63, 3.8) is 0 Å². The molecule has 0 spiro atoms. The largest absolute Gasteiger partial charge is 0.480 e. The van der Waals surface area contributed by atoms with E-state index in [2.05, 4.69) is 10.3 Å². The maximum absolute atomic E-state index is 12.5. The number of carbonyl (C=O) groups is 2. The summed E-state index contributed by atoms with van der Waals surface area (Å²) in [6, 6.07) is -1.07. The van der Waals surface area contributed by atoms with Crippen LogP contribution in [0.25, 0.3) is 0 Å². The zero-order valence-corrected chi connectivity index (χ0v) is 13.2. The second-order valence-corrected chi connectivity index (χ2v) is 6.68. The molecule has 2 amide bonds. The molecule has 1 aliphatic heterocycles. The van der Waals surface area contributed by atoms with Crippen LogP contribution < -0.4 is 5.32 Å². The van der Waals surface area contributed by atoms with Gasteiger partial charge in [0.1, 0.15) is 11.0 Å². The first-order valence-electron chi connectivity index (χ1n) is 7.13. The van der Waals surface area contributed by atoms with Gasteiger partial charge in [0.25, 0.3) is 0 Å². The van der Waals surface area contributed by atoms with Gasteiger partial charge in [-0.2, -0.15) is 0 Å². The van der Waals surface area contributed by atoms with Crippen molar-refractivity contribution in [1.82, 2.24) is 15.2 Å². The van der Waals surface area contributed by atoms with Gasteiger partial charge in [-0.15, -0.1) is 11.3 Å². The van der Waals surface area contributed by atoms with Crippen molar-refractivity contribution in [2.45, 2.75) is 51.1 Å². The minimum Gasteiger partial charge on any atom is -0.480 e. The molecule has 7 heteroatoms. The summed E-state index contributed by atoms with van der Waals surface area (Å²) in [6.07, 6.45) is 4.86. The summed E-state index contributed by atoms with van der Waals surface area (Å²) in [5.41, 5.74) is -0.611. The molecule has 0 aliphatic carbocycles. The molecule has 0 radical (unpaired) electrons. The molecule has 116 valence electrons. The molecule has 1 aliphatic rings. The van der Waals surface area contributed by atoms with Gasteiger partial charge >= 0.3 is 12.0 Å². The van der Waals surface area contributed by atoms with Gasteiger partial charge in [0.2, 0.25) is 0 Å². The number of rotatable bonds is 3. The highest BCUT2D eigenvalue weighted by atomic mass is 32.1. The summed E-state index contributed by atoms with van der Waals surface area (Å²) < 4.78 is 0. The van der Waals surface area contributed by atoms with Gasteiger partial charge in [-0.1, -0.05) is 12.8 Å². The number of urea groups is 1. The van der Waals surface area contributed by atoms with Crippen molar-refractivity contribution >= 4 is 23.3 Å². The average Bonchev–Trinajstić information content (AvgIpc) is 2.83. The summed E-state index contributed by atoms with van der Waals surface area (Å²) in [5, 5.41) is 14.9. The van der Waals surface area contributed by atoms with E-state index >= 15 is 0 Å². The number of thiazole rings is 1. The fraction of sp³-hybridized carbons (Fsp3) is 0.643. The first kappa shape index (κ1) is 15.8. The normalized spacial score (nSPS) is 19.9. The molecular formula is C14H21N3O3S. The molecule has 21 heavy (non-hydrogen) atoms. The third-order valence-electron chi connectivity index (χ3n) is 3.69. The molecule has 1 saturated heterocycles. The van der Waals surface area contributed by atoms with Gasteiger partial charge in [-0.05, 0) is 26.7 Å². The standard InChI is InChI=1S/C14H21N3O3S/c1-14(2,12-15-7-9-21-12)16-13(20)17-8-5-3-4-6-10(17)11(18)19/h7,9-10H,3-6,8H2,1-2H3,(H,16,20)(H,18,19). The molecule has 0 saturated carbocycles. The maximum atomic E-state index is 12.5. The lowest BCUT2D eigenvalue weighted by Gasteiger charge is -2.32. The molecular weight excluding hydrogens is 290 g/mol. The number of aliphatic carboxylic acids is 1. The molecule has 1 atom stereocenters.